The van der Waals surface area contributed by atoms with E-state index in [9.17, 15) is 0 Å². The van der Waals surface area contributed by atoms with Crippen LogP contribution >= 0.6 is 0 Å². The highest BCUT2D eigenvalue weighted by Crippen LogP contribution is 2.25. The molecule has 1 aromatic heterocycles. The summed E-state index contributed by atoms with van der Waals surface area (Å²) in [6.45, 7) is 0. The highest BCUT2D eigenvalue weighted by molar-refractivity contribution is 5.89. The summed E-state index contributed by atoms with van der Waals surface area (Å²) in [4.78, 5) is 0. The number of nitrogens with zero attached hydrogens (tertiary/aromatic N) is 2. The molecule has 3 nitrogen and oxygen atoms in total. The van der Waals surface area contributed by atoms with Crippen molar-refractivity contribution < 1.29 is 0 Å². The lowest BCUT2D eigenvalue weighted by Gasteiger charge is -2.02. The largest absolute Gasteiger partial charge is 0.399 e. The molecule has 0 unspecified atom stereocenters. The van der Waals surface area contributed by atoms with Gasteiger partial charge in [0.05, 0.1) is 6.20 Å². The lowest BCUT2D eigenvalue weighted by atomic mass is 10.0. The Morgan fingerprint density at radius 2 is 1.76 bits per heavy atom. The summed E-state index contributed by atoms with van der Waals surface area (Å²) in [7, 11) is 1.92. The second kappa shape index (κ2) is 3.63. The topological polar surface area (TPSA) is 43.8 Å². The van der Waals surface area contributed by atoms with Gasteiger partial charge in [0.1, 0.15) is 0 Å². The van der Waals surface area contributed by atoms with E-state index in [4.69, 9.17) is 5.73 Å². The number of aromatic nitrogens is 2. The number of anilines is 1. The van der Waals surface area contributed by atoms with E-state index in [0.717, 1.165) is 16.6 Å². The number of benzene rings is 2. The summed E-state index contributed by atoms with van der Waals surface area (Å²) in [6, 6.07) is 12.3. The fraction of sp³-hybridized carbons (Fsp3) is 0.0714. The highest BCUT2D eigenvalue weighted by Gasteiger charge is 2.01. The van der Waals surface area contributed by atoms with E-state index in [0.29, 0.717) is 0 Å². The van der Waals surface area contributed by atoms with Crippen LogP contribution < -0.4 is 5.73 Å². The summed E-state index contributed by atoms with van der Waals surface area (Å²) >= 11 is 0. The van der Waals surface area contributed by atoms with Crippen LogP contribution in [0.25, 0.3) is 21.9 Å². The van der Waals surface area contributed by atoms with Crippen LogP contribution in [0.15, 0.2) is 48.8 Å². The zero-order chi connectivity index (χ0) is 11.8. The molecule has 0 saturated heterocycles. The summed E-state index contributed by atoms with van der Waals surface area (Å²) < 4.78 is 1.81. The number of hydrogen-bond donors (Lipinski definition) is 1. The van der Waals surface area contributed by atoms with Gasteiger partial charge in [0, 0.05) is 24.5 Å². The molecule has 3 rings (SSSR count). The van der Waals surface area contributed by atoms with Crippen LogP contribution in [0.3, 0.4) is 0 Å². The quantitative estimate of drug-likeness (QED) is 0.645. The molecule has 0 amide bonds. The summed E-state index contributed by atoms with van der Waals surface area (Å²) in [6.07, 6.45) is 3.89. The molecule has 0 radical (unpaired) electrons. The lowest BCUT2D eigenvalue weighted by Crippen LogP contribution is -1.85. The molecule has 84 valence electrons. The van der Waals surface area contributed by atoms with Crippen molar-refractivity contribution in [1.29, 1.82) is 0 Å². The minimum Gasteiger partial charge on any atom is -0.399 e. The predicted molar refractivity (Wildman–Crippen MR) is 70.6 cm³/mol. The van der Waals surface area contributed by atoms with E-state index < -0.39 is 0 Å². The predicted octanol–water partition coefficient (Wildman–Crippen LogP) is 2.82. The van der Waals surface area contributed by atoms with Crippen LogP contribution in [0.2, 0.25) is 0 Å². The molecule has 3 heteroatoms. The van der Waals surface area contributed by atoms with Crippen molar-refractivity contribution in [3.05, 3.63) is 48.8 Å². The van der Waals surface area contributed by atoms with E-state index >= 15 is 0 Å². The maximum atomic E-state index is 5.76. The Hall–Kier alpha value is -2.29. The van der Waals surface area contributed by atoms with E-state index in [1.54, 1.807) is 0 Å². The van der Waals surface area contributed by atoms with E-state index in [2.05, 4.69) is 23.3 Å². The molecule has 2 N–H and O–H groups in total. The van der Waals surface area contributed by atoms with Gasteiger partial charge in [0.15, 0.2) is 0 Å². The molecule has 0 saturated carbocycles. The van der Waals surface area contributed by atoms with Crippen molar-refractivity contribution in [3.8, 4) is 11.1 Å². The number of nitrogens with two attached hydrogens (primary N) is 1. The second-order valence-electron chi connectivity index (χ2n) is 4.22. The molecule has 3 aromatic rings. The molecule has 0 aliphatic carbocycles. The Bertz CT molecular complexity index is 683. The first kappa shape index (κ1) is 9.90. The minimum absolute atomic E-state index is 0.798. The molecule has 0 aliphatic rings. The summed E-state index contributed by atoms with van der Waals surface area (Å²) in [5.41, 5.74) is 8.87. The Morgan fingerprint density at radius 3 is 2.53 bits per heavy atom. The van der Waals surface area contributed by atoms with Crippen molar-refractivity contribution in [2.75, 3.05) is 5.73 Å². The van der Waals surface area contributed by atoms with Crippen molar-refractivity contribution in [3.63, 3.8) is 0 Å². The SMILES string of the molecule is Cn1cc(-c2ccc3cc(N)ccc3c2)cn1. The summed E-state index contributed by atoms with van der Waals surface area (Å²) in [5, 5.41) is 6.54. The molecule has 17 heavy (non-hydrogen) atoms. The van der Waals surface area contributed by atoms with E-state index in [1.165, 1.54) is 10.9 Å². The van der Waals surface area contributed by atoms with Crippen LogP contribution in [-0.2, 0) is 7.05 Å². The van der Waals surface area contributed by atoms with Crippen LogP contribution in [0.4, 0.5) is 5.69 Å². The molecular formula is C14H13N3. The van der Waals surface area contributed by atoms with Crippen LogP contribution in [0.1, 0.15) is 0 Å². The summed E-state index contributed by atoms with van der Waals surface area (Å²) in [5.74, 6) is 0. The van der Waals surface area contributed by atoms with Gasteiger partial charge in [0.25, 0.3) is 0 Å². The van der Waals surface area contributed by atoms with Gasteiger partial charge in [-0.1, -0.05) is 18.2 Å². The van der Waals surface area contributed by atoms with E-state index in [1.807, 2.05) is 42.3 Å². The zero-order valence-electron chi connectivity index (χ0n) is 9.59. The molecule has 0 atom stereocenters. The Labute approximate surface area is 99.5 Å². The van der Waals surface area contributed by atoms with Crippen molar-refractivity contribution >= 4 is 16.5 Å². The molecule has 0 aliphatic heterocycles. The molecule has 0 spiro atoms. The maximum Gasteiger partial charge on any atom is 0.0568 e. The van der Waals surface area contributed by atoms with Gasteiger partial charge in [-0.05, 0) is 34.5 Å². The highest BCUT2D eigenvalue weighted by atomic mass is 15.2. The molecule has 2 aromatic carbocycles. The van der Waals surface area contributed by atoms with Crippen LogP contribution in [0, 0.1) is 0 Å². The average molecular weight is 223 g/mol. The van der Waals surface area contributed by atoms with E-state index in [-0.39, 0.29) is 0 Å². The second-order valence-corrected chi connectivity index (χ2v) is 4.22. The average Bonchev–Trinajstić information content (AvgIpc) is 2.75. The van der Waals surface area contributed by atoms with Gasteiger partial charge in [-0.2, -0.15) is 5.10 Å². The van der Waals surface area contributed by atoms with Crippen molar-refractivity contribution in [2.45, 2.75) is 0 Å². The lowest BCUT2D eigenvalue weighted by molar-refractivity contribution is 0.768. The third kappa shape index (κ3) is 1.76. The van der Waals surface area contributed by atoms with Gasteiger partial charge in [0.2, 0.25) is 0 Å². The smallest absolute Gasteiger partial charge is 0.0568 e. The van der Waals surface area contributed by atoms with Gasteiger partial charge < -0.3 is 5.73 Å². The Balaban J connectivity index is 2.16. The van der Waals surface area contributed by atoms with Gasteiger partial charge in [-0.3, -0.25) is 4.68 Å². The normalized spacial score (nSPS) is 10.9. The standard InChI is InChI=1S/C14H13N3/c1-17-9-13(8-16-17)11-2-3-12-7-14(15)5-4-10(12)6-11/h2-9H,15H2,1H3. The number of rotatable bonds is 1. The number of hydrogen-bond acceptors (Lipinski definition) is 2. The van der Waals surface area contributed by atoms with Gasteiger partial charge >= 0.3 is 0 Å². The zero-order valence-corrected chi connectivity index (χ0v) is 9.59. The van der Waals surface area contributed by atoms with Crippen molar-refractivity contribution in [2.24, 2.45) is 7.05 Å². The third-order valence-corrected chi connectivity index (χ3v) is 2.90. The number of nitrogen functional groups attached to an aromatic ring is 1. The van der Waals surface area contributed by atoms with Crippen LogP contribution in [-0.4, -0.2) is 9.78 Å². The Kier molecular flexibility index (Phi) is 2.11. The van der Waals surface area contributed by atoms with Crippen LogP contribution in [0.5, 0.6) is 0 Å². The Morgan fingerprint density at radius 1 is 1.00 bits per heavy atom. The first-order valence-corrected chi connectivity index (χ1v) is 5.51. The maximum absolute atomic E-state index is 5.76. The minimum atomic E-state index is 0.798. The monoisotopic (exact) mass is 223 g/mol. The van der Waals surface area contributed by atoms with Gasteiger partial charge in [-0.25, -0.2) is 0 Å². The molecular weight excluding hydrogens is 210 g/mol. The number of aryl methyl sites for hydroxylation is 1. The molecule has 0 bridgehead atoms. The third-order valence-electron chi connectivity index (χ3n) is 2.90. The van der Waals surface area contributed by atoms with Crippen molar-refractivity contribution in [1.82, 2.24) is 9.78 Å². The number of fused-ring (bicyclic) bond motifs is 1. The molecule has 0 fully saturated rings. The fourth-order valence-corrected chi connectivity index (χ4v) is 2.01. The first-order valence-electron chi connectivity index (χ1n) is 5.51. The molecule has 1 heterocycles. The fourth-order valence-electron chi connectivity index (χ4n) is 2.01. The van der Waals surface area contributed by atoms with Gasteiger partial charge in [-0.15, -0.1) is 0 Å². The first-order chi connectivity index (χ1) is 8.22.